The molecule has 0 amide bonds. The molecule has 0 fully saturated rings. The number of carbonyl (C=O) groups excluding carboxylic acids is 1. The van der Waals surface area contributed by atoms with Crippen LogP contribution in [0.4, 0.5) is 5.69 Å². The number of Topliss-reactive ketones (excluding diaryl/α,β-unsaturated/α-hetero) is 1. The third-order valence-electron chi connectivity index (χ3n) is 4.09. The Balaban J connectivity index is 1.65. The van der Waals surface area contributed by atoms with E-state index < -0.39 is 0 Å². The summed E-state index contributed by atoms with van der Waals surface area (Å²) in [5.41, 5.74) is 1.56. The van der Waals surface area contributed by atoms with Crippen molar-refractivity contribution in [3.63, 3.8) is 0 Å². The number of nitrogens with one attached hydrogen (secondary N) is 2. The zero-order chi connectivity index (χ0) is 16.2. The van der Waals surface area contributed by atoms with Crippen molar-refractivity contribution in [2.75, 3.05) is 11.9 Å². The summed E-state index contributed by atoms with van der Waals surface area (Å²) in [6, 6.07) is 9.00. The van der Waals surface area contributed by atoms with Crippen LogP contribution < -0.4 is 15.4 Å². The van der Waals surface area contributed by atoms with E-state index in [1.54, 1.807) is 6.26 Å². The molecule has 2 heterocycles. The normalized spacial score (nSPS) is 17.7. The van der Waals surface area contributed by atoms with E-state index in [2.05, 4.69) is 17.6 Å². The average molecular weight is 314 g/mol. The topological polar surface area (TPSA) is 63.5 Å². The number of carbonyl (C=O) groups is 1. The van der Waals surface area contributed by atoms with Crippen molar-refractivity contribution in [2.24, 2.45) is 0 Å². The molecule has 1 aliphatic rings. The molecule has 122 valence electrons. The summed E-state index contributed by atoms with van der Waals surface area (Å²) in [5.74, 6) is 1.69. The molecule has 3 rings (SSSR count). The number of fused-ring (bicyclic) bond motifs is 1. The molecule has 5 heteroatoms. The first-order valence-corrected chi connectivity index (χ1v) is 8.02. The molecule has 2 aromatic rings. The van der Waals surface area contributed by atoms with Crippen LogP contribution in [0, 0.1) is 0 Å². The number of ether oxygens (including phenoxy) is 1. The van der Waals surface area contributed by atoms with E-state index in [0.29, 0.717) is 12.1 Å². The fraction of sp³-hybridized carbons (Fsp3) is 0.389. The largest absolute Gasteiger partial charge is 0.486 e. The van der Waals surface area contributed by atoms with Gasteiger partial charge in [-0.2, -0.15) is 0 Å². The lowest BCUT2D eigenvalue weighted by atomic mass is 10.0. The van der Waals surface area contributed by atoms with Crippen LogP contribution in [0.25, 0.3) is 0 Å². The van der Waals surface area contributed by atoms with Crippen LogP contribution in [0.1, 0.15) is 36.4 Å². The molecular formula is C18H22N2O3. The van der Waals surface area contributed by atoms with Gasteiger partial charge < -0.3 is 19.8 Å². The molecule has 1 aliphatic heterocycles. The quantitative estimate of drug-likeness (QED) is 0.802. The van der Waals surface area contributed by atoms with Gasteiger partial charge in [0.05, 0.1) is 31.1 Å². The van der Waals surface area contributed by atoms with E-state index in [1.165, 1.54) is 0 Å². The summed E-state index contributed by atoms with van der Waals surface area (Å²) in [6.45, 7) is 5.27. The van der Waals surface area contributed by atoms with Crippen LogP contribution in [0.5, 0.6) is 5.75 Å². The minimum Gasteiger partial charge on any atom is -0.486 e. The molecule has 23 heavy (non-hydrogen) atoms. The zero-order valence-electron chi connectivity index (χ0n) is 13.5. The van der Waals surface area contributed by atoms with E-state index in [-0.39, 0.29) is 17.9 Å². The zero-order valence-corrected chi connectivity index (χ0v) is 13.5. The van der Waals surface area contributed by atoms with Gasteiger partial charge in [0.15, 0.2) is 5.78 Å². The van der Waals surface area contributed by atoms with Gasteiger partial charge in [-0.25, -0.2) is 0 Å². The summed E-state index contributed by atoms with van der Waals surface area (Å²) in [6.07, 6.45) is 2.78. The molecule has 0 saturated carbocycles. The summed E-state index contributed by atoms with van der Waals surface area (Å²) in [4.78, 5) is 12.5. The smallest absolute Gasteiger partial charge is 0.179 e. The Morgan fingerprint density at radius 3 is 3.04 bits per heavy atom. The maximum Gasteiger partial charge on any atom is 0.179 e. The molecule has 2 unspecified atom stereocenters. The van der Waals surface area contributed by atoms with Gasteiger partial charge in [0, 0.05) is 5.56 Å². The van der Waals surface area contributed by atoms with Crippen LogP contribution in [0.3, 0.4) is 0 Å². The number of furan rings is 1. The minimum absolute atomic E-state index is 0.0544. The Bertz CT molecular complexity index is 667. The van der Waals surface area contributed by atoms with E-state index in [0.717, 1.165) is 30.2 Å². The molecular weight excluding hydrogens is 292 g/mol. The van der Waals surface area contributed by atoms with Crippen molar-refractivity contribution in [1.29, 1.82) is 0 Å². The molecule has 0 bridgehead atoms. The summed E-state index contributed by atoms with van der Waals surface area (Å²) in [7, 11) is 0. The van der Waals surface area contributed by atoms with Crippen molar-refractivity contribution >= 4 is 11.5 Å². The van der Waals surface area contributed by atoms with Gasteiger partial charge >= 0.3 is 0 Å². The molecule has 1 aromatic heterocycles. The number of rotatable bonds is 6. The standard InChI is InChI=1S/C18H22N2O3/c1-3-14-10-20-16-9-13(6-7-17(16)23-14)18(21)12(2)19-11-15-5-4-8-22-15/h4-9,12,14,19-20H,3,10-11H2,1-2H3. The summed E-state index contributed by atoms with van der Waals surface area (Å²) >= 11 is 0. The molecule has 2 N–H and O–H groups in total. The molecule has 1 aromatic carbocycles. The highest BCUT2D eigenvalue weighted by Gasteiger charge is 2.21. The molecule has 0 saturated heterocycles. The fourth-order valence-electron chi connectivity index (χ4n) is 2.61. The fourth-order valence-corrected chi connectivity index (χ4v) is 2.61. The lowest BCUT2D eigenvalue weighted by molar-refractivity contribution is 0.0949. The van der Waals surface area contributed by atoms with Gasteiger partial charge in [-0.05, 0) is 43.7 Å². The van der Waals surface area contributed by atoms with Crippen LogP contribution >= 0.6 is 0 Å². The highest BCUT2D eigenvalue weighted by molar-refractivity contribution is 6.01. The number of anilines is 1. The van der Waals surface area contributed by atoms with E-state index >= 15 is 0 Å². The Morgan fingerprint density at radius 2 is 2.30 bits per heavy atom. The van der Waals surface area contributed by atoms with Gasteiger partial charge in [0.25, 0.3) is 0 Å². The SMILES string of the molecule is CCC1CNc2cc(C(=O)C(C)NCc3ccco3)ccc2O1. The van der Waals surface area contributed by atoms with Crippen molar-refractivity contribution in [3.8, 4) is 5.75 Å². The number of hydrogen-bond acceptors (Lipinski definition) is 5. The highest BCUT2D eigenvalue weighted by Crippen LogP contribution is 2.31. The lowest BCUT2D eigenvalue weighted by Gasteiger charge is -2.27. The first kappa shape index (κ1) is 15.6. The highest BCUT2D eigenvalue weighted by atomic mass is 16.5. The van der Waals surface area contributed by atoms with Gasteiger partial charge in [-0.3, -0.25) is 4.79 Å². The predicted molar refractivity (Wildman–Crippen MR) is 89.0 cm³/mol. The third-order valence-corrected chi connectivity index (χ3v) is 4.09. The van der Waals surface area contributed by atoms with Gasteiger partial charge in [0.2, 0.25) is 0 Å². The second-order valence-corrected chi connectivity index (χ2v) is 5.79. The minimum atomic E-state index is -0.286. The van der Waals surface area contributed by atoms with E-state index in [4.69, 9.17) is 9.15 Å². The lowest BCUT2D eigenvalue weighted by Crippen LogP contribution is -2.34. The van der Waals surface area contributed by atoms with Crippen molar-refractivity contribution in [1.82, 2.24) is 5.32 Å². The molecule has 0 radical (unpaired) electrons. The predicted octanol–water partition coefficient (Wildman–Crippen LogP) is 3.22. The van der Waals surface area contributed by atoms with E-state index in [9.17, 15) is 4.79 Å². The van der Waals surface area contributed by atoms with Crippen molar-refractivity contribution in [2.45, 2.75) is 39.0 Å². The Labute approximate surface area is 136 Å². The van der Waals surface area contributed by atoms with E-state index in [1.807, 2.05) is 37.3 Å². The second kappa shape index (κ2) is 6.87. The molecule has 0 aliphatic carbocycles. The first-order chi connectivity index (χ1) is 11.2. The third kappa shape index (κ3) is 3.56. The summed E-state index contributed by atoms with van der Waals surface area (Å²) < 4.78 is 11.1. The Hall–Kier alpha value is -2.27. The van der Waals surface area contributed by atoms with Crippen molar-refractivity contribution < 1.29 is 13.9 Å². The maximum absolute atomic E-state index is 12.5. The first-order valence-electron chi connectivity index (χ1n) is 8.02. The monoisotopic (exact) mass is 314 g/mol. The maximum atomic E-state index is 12.5. The molecule has 5 nitrogen and oxygen atoms in total. The Kier molecular flexibility index (Phi) is 4.67. The molecule has 2 atom stereocenters. The number of ketones is 1. The second-order valence-electron chi connectivity index (χ2n) is 5.79. The number of hydrogen-bond donors (Lipinski definition) is 2. The van der Waals surface area contributed by atoms with Gasteiger partial charge in [0.1, 0.15) is 17.6 Å². The van der Waals surface area contributed by atoms with Gasteiger partial charge in [-0.15, -0.1) is 0 Å². The van der Waals surface area contributed by atoms with Crippen LogP contribution in [-0.2, 0) is 6.54 Å². The molecule has 0 spiro atoms. The van der Waals surface area contributed by atoms with Gasteiger partial charge in [-0.1, -0.05) is 6.92 Å². The average Bonchev–Trinajstić information content (AvgIpc) is 3.11. The van der Waals surface area contributed by atoms with Crippen molar-refractivity contribution in [3.05, 3.63) is 47.9 Å². The van der Waals surface area contributed by atoms with Crippen LogP contribution in [0.2, 0.25) is 0 Å². The Morgan fingerprint density at radius 1 is 1.43 bits per heavy atom. The van der Waals surface area contributed by atoms with Crippen LogP contribution in [-0.4, -0.2) is 24.5 Å². The van der Waals surface area contributed by atoms with Crippen LogP contribution in [0.15, 0.2) is 41.0 Å². The summed E-state index contributed by atoms with van der Waals surface area (Å²) in [5, 5.41) is 6.52. The number of benzene rings is 1.